The van der Waals surface area contributed by atoms with Crippen molar-refractivity contribution >= 4 is 58.5 Å². The largest absolute Gasteiger partial charge is 0.323 e. The molecule has 0 aliphatic carbocycles. The summed E-state index contributed by atoms with van der Waals surface area (Å²) < 4.78 is 0. The van der Waals surface area contributed by atoms with Crippen LogP contribution in [0.25, 0.3) is 12.2 Å². The van der Waals surface area contributed by atoms with E-state index in [2.05, 4.69) is 10.6 Å². The molecular formula is C31H24Cl2N2O2. The van der Waals surface area contributed by atoms with Crippen molar-refractivity contribution in [2.45, 2.75) is 6.42 Å². The Hall–Kier alpha value is -4.12. The zero-order chi connectivity index (χ0) is 26.0. The van der Waals surface area contributed by atoms with Gasteiger partial charge in [0, 0.05) is 33.6 Å². The lowest BCUT2D eigenvalue weighted by Gasteiger charge is -2.07. The molecule has 0 bridgehead atoms. The van der Waals surface area contributed by atoms with E-state index < -0.39 is 0 Å². The van der Waals surface area contributed by atoms with E-state index in [1.54, 1.807) is 36.4 Å². The number of amides is 2. The summed E-state index contributed by atoms with van der Waals surface area (Å²) in [5.74, 6) is -0.430. The van der Waals surface area contributed by atoms with Gasteiger partial charge in [0.25, 0.3) is 0 Å². The first kappa shape index (κ1) is 26.0. The fraction of sp³-hybridized carbons (Fsp3) is 0.0323. The van der Waals surface area contributed by atoms with Crippen molar-refractivity contribution in [2.75, 3.05) is 10.6 Å². The Morgan fingerprint density at radius 1 is 0.595 bits per heavy atom. The predicted molar refractivity (Wildman–Crippen MR) is 154 cm³/mol. The minimum absolute atomic E-state index is 0.215. The normalized spacial score (nSPS) is 11.1. The molecule has 0 fully saturated rings. The van der Waals surface area contributed by atoms with E-state index in [4.69, 9.17) is 23.2 Å². The van der Waals surface area contributed by atoms with Crippen LogP contribution in [-0.4, -0.2) is 11.8 Å². The van der Waals surface area contributed by atoms with Crippen LogP contribution in [0.4, 0.5) is 11.4 Å². The first-order chi connectivity index (χ1) is 17.9. The fourth-order valence-corrected chi connectivity index (χ4v) is 3.98. The van der Waals surface area contributed by atoms with Gasteiger partial charge in [-0.05, 0) is 89.4 Å². The van der Waals surface area contributed by atoms with Gasteiger partial charge < -0.3 is 10.6 Å². The Morgan fingerprint density at radius 2 is 1.00 bits per heavy atom. The molecule has 184 valence electrons. The summed E-state index contributed by atoms with van der Waals surface area (Å²) in [6, 6.07) is 30.0. The molecule has 4 aromatic rings. The maximum Gasteiger partial charge on any atom is 0.248 e. The molecule has 0 aromatic heterocycles. The van der Waals surface area contributed by atoms with E-state index in [1.165, 1.54) is 12.2 Å². The number of carbonyl (C=O) groups excluding carboxylic acids is 2. The number of anilines is 2. The van der Waals surface area contributed by atoms with Crippen LogP contribution in [0.2, 0.25) is 10.0 Å². The lowest BCUT2D eigenvalue weighted by Crippen LogP contribution is -2.08. The highest BCUT2D eigenvalue weighted by Gasteiger charge is 2.02. The monoisotopic (exact) mass is 526 g/mol. The van der Waals surface area contributed by atoms with E-state index >= 15 is 0 Å². The van der Waals surface area contributed by atoms with Gasteiger partial charge in [-0.25, -0.2) is 0 Å². The lowest BCUT2D eigenvalue weighted by atomic mass is 10.0. The van der Waals surface area contributed by atoms with Gasteiger partial charge >= 0.3 is 0 Å². The Kier molecular flexibility index (Phi) is 8.93. The van der Waals surface area contributed by atoms with Crippen LogP contribution in [0.15, 0.2) is 109 Å². The Balaban J connectivity index is 1.27. The highest BCUT2D eigenvalue weighted by atomic mass is 35.5. The molecule has 0 atom stereocenters. The van der Waals surface area contributed by atoms with Crippen LogP contribution in [0.5, 0.6) is 0 Å². The Bertz CT molecular complexity index is 1330. The van der Waals surface area contributed by atoms with Gasteiger partial charge in [-0.15, -0.1) is 0 Å². The number of hydrogen-bond acceptors (Lipinski definition) is 2. The van der Waals surface area contributed by atoms with Gasteiger partial charge in [0.2, 0.25) is 11.8 Å². The SMILES string of the molecule is O=C(/C=C/c1cccc(Cl)c1)Nc1ccc(Cc2ccc(NC(=O)/C=C/c3cccc(Cl)c3)cc2)cc1. The highest BCUT2D eigenvalue weighted by molar-refractivity contribution is 6.31. The minimum Gasteiger partial charge on any atom is -0.323 e. The zero-order valence-electron chi connectivity index (χ0n) is 19.8. The molecule has 0 saturated carbocycles. The van der Waals surface area contributed by atoms with E-state index in [0.717, 1.165) is 28.7 Å². The van der Waals surface area contributed by atoms with Crippen molar-refractivity contribution in [3.8, 4) is 0 Å². The van der Waals surface area contributed by atoms with Gasteiger partial charge in [0.15, 0.2) is 0 Å². The fourth-order valence-electron chi connectivity index (χ4n) is 3.58. The number of hydrogen-bond donors (Lipinski definition) is 2. The van der Waals surface area contributed by atoms with Crippen molar-refractivity contribution in [2.24, 2.45) is 0 Å². The summed E-state index contributed by atoms with van der Waals surface area (Å²) >= 11 is 11.9. The van der Waals surface area contributed by atoms with E-state index in [1.807, 2.05) is 72.8 Å². The van der Waals surface area contributed by atoms with Gasteiger partial charge in [0.05, 0.1) is 0 Å². The molecule has 4 aromatic carbocycles. The summed E-state index contributed by atoms with van der Waals surface area (Å²) in [5.41, 5.74) is 5.36. The minimum atomic E-state index is -0.215. The highest BCUT2D eigenvalue weighted by Crippen LogP contribution is 2.17. The molecular weight excluding hydrogens is 503 g/mol. The molecule has 0 aliphatic heterocycles. The summed E-state index contributed by atoms with van der Waals surface area (Å²) in [6.07, 6.45) is 7.13. The average Bonchev–Trinajstić information content (AvgIpc) is 2.89. The topological polar surface area (TPSA) is 58.2 Å². The number of nitrogens with one attached hydrogen (secondary N) is 2. The summed E-state index contributed by atoms with van der Waals surface area (Å²) in [4.78, 5) is 24.4. The van der Waals surface area contributed by atoms with E-state index in [9.17, 15) is 9.59 Å². The molecule has 2 amide bonds. The van der Waals surface area contributed by atoms with Crippen molar-refractivity contribution in [3.05, 3.63) is 142 Å². The number of rotatable bonds is 8. The van der Waals surface area contributed by atoms with Crippen molar-refractivity contribution in [1.29, 1.82) is 0 Å². The van der Waals surface area contributed by atoms with Crippen LogP contribution in [-0.2, 0) is 16.0 Å². The third kappa shape index (κ3) is 8.50. The molecule has 0 radical (unpaired) electrons. The molecule has 6 heteroatoms. The maximum absolute atomic E-state index is 12.2. The third-order valence-corrected chi connectivity index (χ3v) is 5.87. The smallest absolute Gasteiger partial charge is 0.248 e. The molecule has 0 unspecified atom stereocenters. The molecule has 4 nitrogen and oxygen atoms in total. The summed E-state index contributed by atoms with van der Waals surface area (Å²) in [6.45, 7) is 0. The van der Waals surface area contributed by atoms with Crippen LogP contribution in [0.1, 0.15) is 22.3 Å². The molecule has 4 rings (SSSR count). The number of carbonyl (C=O) groups is 2. The third-order valence-electron chi connectivity index (χ3n) is 5.40. The Morgan fingerprint density at radius 3 is 1.38 bits per heavy atom. The van der Waals surface area contributed by atoms with Crippen molar-refractivity contribution < 1.29 is 9.59 Å². The van der Waals surface area contributed by atoms with Gasteiger partial charge in [0.1, 0.15) is 0 Å². The van der Waals surface area contributed by atoms with Gasteiger partial charge in [-0.3, -0.25) is 9.59 Å². The van der Waals surface area contributed by atoms with Crippen LogP contribution < -0.4 is 10.6 Å². The lowest BCUT2D eigenvalue weighted by molar-refractivity contribution is -0.112. The van der Waals surface area contributed by atoms with Gasteiger partial charge in [-0.1, -0.05) is 71.7 Å². The standard InChI is InChI=1S/C31H24Cl2N2O2/c32-26-5-1-3-22(20-26)11-17-30(36)34-28-13-7-24(8-14-28)19-25-9-15-29(16-10-25)35-31(37)18-12-23-4-2-6-27(33)21-23/h1-18,20-21H,19H2,(H,34,36)(H,35,37)/b17-11+,18-12+. The predicted octanol–water partition coefficient (Wildman–Crippen LogP) is 7.89. The van der Waals surface area contributed by atoms with Crippen LogP contribution in [0, 0.1) is 0 Å². The number of benzene rings is 4. The molecule has 0 saturated heterocycles. The van der Waals surface area contributed by atoms with Crippen LogP contribution in [0.3, 0.4) is 0 Å². The quantitative estimate of drug-likeness (QED) is 0.229. The van der Waals surface area contributed by atoms with Crippen molar-refractivity contribution in [3.63, 3.8) is 0 Å². The summed E-state index contributed by atoms with van der Waals surface area (Å²) in [5, 5.41) is 6.96. The molecule has 0 aliphatic rings. The molecule has 0 spiro atoms. The van der Waals surface area contributed by atoms with E-state index in [-0.39, 0.29) is 11.8 Å². The molecule has 37 heavy (non-hydrogen) atoms. The van der Waals surface area contributed by atoms with Gasteiger partial charge in [-0.2, -0.15) is 0 Å². The molecule has 0 heterocycles. The Labute approximate surface area is 226 Å². The average molecular weight is 527 g/mol. The second-order valence-corrected chi connectivity index (χ2v) is 9.20. The first-order valence-electron chi connectivity index (χ1n) is 11.6. The second kappa shape index (κ2) is 12.7. The first-order valence-corrected chi connectivity index (χ1v) is 12.4. The van der Waals surface area contributed by atoms with Crippen molar-refractivity contribution in [1.82, 2.24) is 0 Å². The second-order valence-electron chi connectivity index (χ2n) is 8.33. The summed E-state index contributed by atoms with van der Waals surface area (Å²) in [7, 11) is 0. The molecule has 2 N–H and O–H groups in total. The zero-order valence-corrected chi connectivity index (χ0v) is 21.3. The van der Waals surface area contributed by atoms with E-state index in [0.29, 0.717) is 21.4 Å². The maximum atomic E-state index is 12.2. The number of halogens is 2. The van der Waals surface area contributed by atoms with Crippen LogP contribution >= 0.6 is 23.2 Å².